The number of hydrogen-bond donors (Lipinski definition) is 1. The molecule has 1 fully saturated rings. The Kier molecular flexibility index (Phi) is 8.15. The molecule has 1 saturated heterocycles. The van der Waals surface area contributed by atoms with Crippen molar-refractivity contribution in [1.29, 1.82) is 0 Å². The van der Waals surface area contributed by atoms with Crippen molar-refractivity contribution >= 4 is 5.91 Å². The zero-order valence-corrected chi connectivity index (χ0v) is 19.5. The van der Waals surface area contributed by atoms with Gasteiger partial charge in [0.1, 0.15) is 11.6 Å². The van der Waals surface area contributed by atoms with Crippen LogP contribution in [0.25, 0.3) is 0 Å². The summed E-state index contributed by atoms with van der Waals surface area (Å²) in [5.74, 6) is 2.38. The molecule has 178 valence electrons. The van der Waals surface area contributed by atoms with Crippen LogP contribution >= 0.6 is 0 Å². The number of para-hydroxylation sites is 2. The molecule has 0 saturated carbocycles. The van der Waals surface area contributed by atoms with Gasteiger partial charge >= 0.3 is 0 Å². The van der Waals surface area contributed by atoms with Crippen LogP contribution in [0.15, 0.2) is 72.8 Å². The molecular weight excluding hydrogens is 431 g/mol. The summed E-state index contributed by atoms with van der Waals surface area (Å²) in [6.07, 6.45) is 2.38. The third-order valence-corrected chi connectivity index (χ3v) is 6.17. The Hall–Kier alpha value is -3.38. The molecule has 0 spiro atoms. The van der Waals surface area contributed by atoms with Gasteiger partial charge in [-0.15, -0.1) is 0 Å². The summed E-state index contributed by atoms with van der Waals surface area (Å²) in [7, 11) is 1.64. The molecule has 1 N–H and O–H groups in total. The van der Waals surface area contributed by atoms with E-state index in [-0.39, 0.29) is 18.1 Å². The lowest BCUT2D eigenvalue weighted by molar-refractivity contribution is -0.120. The molecule has 3 aromatic rings. The number of nitrogens with zero attached hydrogens (tertiary/aromatic N) is 1. The summed E-state index contributed by atoms with van der Waals surface area (Å²) < 4.78 is 24.4. The lowest BCUT2D eigenvalue weighted by Gasteiger charge is -2.32. The molecule has 34 heavy (non-hydrogen) atoms. The number of carbonyl (C=O) groups is 1. The van der Waals surface area contributed by atoms with Gasteiger partial charge in [-0.3, -0.25) is 9.69 Å². The normalized spacial score (nSPS) is 14.5. The molecule has 0 aliphatic carbocycles. The monoisotopic (exact) mass is 462 g/mol. The second-order valence-corrected chi connectivity index (χ2v) is 8.73. The molecule has 0 atom stereocenters. The standard InChI is InChI=1S/C28H31FN2O3/c1-33-26-7-2-3-8-27(26)34-25-6-4-5-23(17-25)20-31-15-13-22(14-16-31)19-30-28(32)18-21-9-11-24(29)12-10-21/h2-12,17,22H,13-16,18-20H2,1H3,(H,30,32). The van der Waals surface area contributed by atoms with E-state index in [1.54, 1.807) is 19.2 Å². The highest BCUT2D eigenvalue weighted by Gasteiger charge is 2.20. The Morgan fingerprint density at radius 1 is 0.971 bits per heavy atom. The molecule has 4 rings (SSSR count). The van der Waals surface area contributed by atoms with Crippen molar-refractivity contribution in [2.24, 2.45) is 5.92 Å². The number of rotatable bonds is 9. The molecular formula is C28H31FN2O3. The highest BCUT2D eigenvalue weighted by atomic mass is 19.1. The van der Waals surface area contributed by atoms with Crippen molar-refractivity contribution in [3.63, 3.8) is 0 Å². The summed E-state index contributed by atoms with van der Waals surface area (Å²) in [6.45, 7) is 3.55. The fourth-order valence-corrected chi connectivity index (χ4v) is 4.25. The highest BCUT2D eigenvalue weighted by molar-refractivity contribution is 5.78. The van der Waals surface area contributed by atoms with Crippen LogP contribution in [-0.2, 0) is 17.8 Å². The maximum Gasteiger partial charge on any atom is 0.224 e. The van der Waals surface area contributed by atoms with Crippen LogP contribution in [0, 0.1) is 11.7 Å². The lowest BCUT2D eigenvalue weighted by atomic mass is 9.96. The summed E-state index contributed by atoms with van der Waals surface area (Å²) in [6, 6.07) is 21.9. The number of benzene rings is 3. The Labute approximate surface area is 200 Å². The van der Waals surface area contributed by atoms with E-state index in [0.29, 0.717) is 24.0 Å². The summed E-state index contributed by atoms with van der Waals surface area (Å²) in [4.78, 5) is 14.7. The van der Waals surface area contributed by atoms with Gasteiger partial charge in [0, 0.05) is 13.1 Å². The van der Waals surface area contributed by atoms with Crippen molar-refractivity contribution in [1.82, 2.24) is 10.2 Å². The summed E-state index contributed by atoms with van der Waals surface area (Å²) in [5, 5.41) is 3.04. The number of piperidine rings is 1. The Balaban J connectivity index is 1.21. The number of amides is 1. The molecule has 0 bridgehead atoms. The SMILES string of the molecule is COc1ccccc1Oc1cccc(CN2CCC(CNC(=O)Cc3ccc(F)cc3)CC2)c1. The summed E-state index contributed by atoms with van der Waals surface area (Å²) in [5.41, 5.74) is 2.03. The first-order valence-corrected chi connectivity index (χ1v) is 11.7. The number of halogens is 1. The maximum absolute atomic E-state index is 13.0. The predicted molar refractivity (Wildman–Crippen MR) is 131 cm³/mol. The van der Waals surface area contributed by atoms with Gasteiger partial charge in [0.15, 0.2) is 11.5 Å². The van der Waals surface area contributed by atoms with E-state index in [1.165, 1.54) is 17.7 Å². The van der Waals surface area contributed by atoms with Gasteiger partial charge in [-0.1, -0.05) is 36.4 Å². The first-order valence-electron chi connectivity index (χ1n) is 11.7. The molecule has 0 unspecified atom stereocenters. The second kappa shape index (κ2) is 11.7. The molecule has 0 radical (unpaired) electrons. The number of carbonyl (C=O) groups excluding carboxylic acids is 1. The quantitative estimate of drug-likeness (QED) is 0.475. The first-order chi connectivity index (χ1) is 16.6. The average Bonchev–Trinajstić information content (AvgIpc) is 2.86. The maximum atomic E-state index is 13.0. The van der Waals surface area contributed by atoms with Crippen molar-refractivity contribution in [3.8, 4) is 17.2 Å². The highest BCUT2D eigenvalue weighted by Crippen LogP contribution is 2.31. The number of methoxy groups -OCH3 is 1. The van der Waals surface area contributed by atoms with Crippen molar-refractivity contribution in [2.75, 3.05) is 26.7 Å². The van der Waals surface area contributed by atoms with E-state index >= 15 is 0 Å². The molecule has 3 aromatic carbocycles. The van der Waals surface area contributed by atoms with E-state index in [0.717, 1.165) is 43.8 Å². The van der Waals surface area contributed by atoms with E-state index < -0.39 is 0 Å². The minimum Gasteiger partial charge on any atom is -0.493 e. The minimum atomic E-state index is -0.286. The van der Waals surface area contributed by atoms with E-state index in [2.05, 4.69) is 22.3 Å². The topological polar surface area (TPSA) is 50.8 Å². The number of hydrogen-bond acceptors (Lipinski definition) is 4. The van der Waals surface area contributed by atoms with Gasteiger partial charge in [0.2, 0.25) is 5.91 Å². The lowest BCUT2D eigenvalue weighted by Crippen LogP contribution is -2.38. The zero-order chi connectivity index (χ0) is 23.8. The van der Waals surface area contributed by atoms with E-state index in [1.807, 2.05) is 36.4 Å². The molecule has 1 aliphatic rings. The van der Waals surface area contributed by atoms with Crippen molar-refractivity contribution < 1.29 is 18.7 Å². The molecule has 1 amide bonds. The Bertz CT molecular complexity index is 1080. The van der Waals surface area contributed by atoms with Crippen LogP contribution in [0.1, 0.15) is 24.0 Å². The number of likely N-dealkylation sites (tertiary alicyclic amines) is 1. The van der Waals surface area contributed by atoms with Gasteiger partial charge < -0.3 is 14.8 Å². The van der Waals surface area contributed by atoms with E-state index in [4.69, 9.17) is 9.47 Å². The third kappa shape index (κ3) is 6.81. The Morgan fingerprint density at radius 2 is 1.71 bits per heavy atom. The first kappa shape index (κ1) is 23.8. The van der Waals surface area contributed by atoms with Gasteiger partial charge in [-0.2, -0.15) is 0 Å². The molecule has 1 heterocycles. The number of nitrogens with one attached hydrogen (secondary N) is 1. The van der Waals surface area contributed by atoms with Crippen LogP contribution in [0.2, 0.25) is 0 Å². The van der Waals surface area contributed by atoms with Gasteiger partial charge in [0.05, 0.1) is 13.5 Å². The third-order valence-electron chi connectivity index (χ3n) is 6.17. The van der Waals surface area contributed by atoms with Crippen LogP contribution in [0.3, 0.4) is 0 Å². The van der Waals surface area contributed by atoms with E-state index in [9.17, 15) is 9.18 Å². The smallest absolute Gasteiger partial charge is 0.224 e. The largest absolute Gasteiger partial charge is 0.493 e. The second-order valence-electron chi connectivity index (χ2n) is 8.73. The van der Waals surface area contributed by atoms with Crippen molar-refractivity contribution in [3.05, 3.63) is 89.7 Å². The van der Waals surface area contributed by atoms with Gasteiger partial charge in [0.25, 0.3) is 0 Å². The fraction of sp³-hybridized carbons (Fsp3) is 0.321. The molecule has 0 aromatic heterocycles. The fourth-order valence-electron chi connectivity index (χ4n) is 4.25. The van der Waals surface area contributed by atoms with Crippen LogP contribution in [0.4, 0.5) is 4.39 Å². The van der Waals surface area contributed by atoms with Crippen LogP contribution in [-0.4, -0.2) is 37.6 Å². The van der Waals surface area contributed by atoms with Gasteiger partial charge in [-0.05, 0) is 79.4 Å². The molecule has 5 nitrogen and oxygen atoms in total. The minimum absolute atomic E-state index is 0.0131. The average molecular weight is 463 g/mol. The number of ether oxygens (including phenoxy) is 2. The van der Waals surface area contributed by atoms with Crippen molar-refractivity contribution in [2.45, 2.75) is 25.8 Å². The van der Waals surface area contributed by atoms with Gasteiger partial charge in [-0.25, -0.2) is 4.39 Å². The molecule has 1 aliphatic heterocycles. The zero-order valence-electron chi connectivity index (χ0n) is 19.5. The van der Waals surface area contributed by atoms with Crippen LogP contribution < -0.4 is 14.8 Å². The predicted octanol–water partition coefficient (Wildman–Crippen LogP) is 5.20. The Morgan fingerprint density at radius 3 is 2.44 bits per heavy atom. The summed E-state index contributed by atoms with van der Waals surface area (Å²) >= 11 is 0. The van der Waals surface area contributed by atoms with Crippen LogP contribution in [0.5, 0.6) is 17.2 Å². The molecule has 6 heteroatoms.